The first-order valence-corrected chi connectivity index (χ1v) is 10.3. The quantitative estimate of drug-likeness (QED) is 0.514. The summed E-state index contributed by atoms with van der Waals surface area (Å²) in [5.74, 6) is 1.27. The van der Waals surface area contributed by atoms with Crippen molar-refractivity contribution in [1.82, 2.24) is 14.9 Å². The van der Waals surface area contributed by atoms with Crippen molar-refractivity contribution in [3.05, 3.63) is 46.4 Å². The summed E-state index contributed by atoms with van der Waals surface area (Å²) in [6, 6.07) is 7.59. The largest absolute Gasteiger partial charge is 0.396 e. The third-order valence-electron chi connectivity index (χ3n) is 4.63. The summed E-state index contributed by atoms with van der Waals surface area (Å²) in [4.78, 5) is 19.5. The molecule has 2 rings (SSSR count). The van der Waals surface area contributed by atoms with E-state index in [2.05, 4.69) is 5.32 Å². The van der Waals surface area contributed by atoms with E-state index in [9.17, 15) is 9.90 Å². The number of carbonyl (C=O) groups is 1. The number of nitrogens with one attached hydrogen (secondary N) is 1. The maximum absolute atomic E-state index is 12.8. The van der Waals surface area contributed by atoms with Gasteiger partial charge in [0.1, 0.15) is 5.82 Å². The van der Waals surface area contributed by atoms with E-state index in [0.717, 1.165) is 17.8 Å². The predicted octanol–water partition coefficient (Wildman–Crippen LogP) is 2.73. The fourth-order valence-electron chi connectivity index (χ4n) is 3.12. The molecule has 0 saturated heterocycles. The molecule has 2 N–H and O–H groups in total. The van der Waals surface area contributed by atoms with Gasteiger partial charge in [-0.25, -0.2) is 4.98 Å². The zero-order valence-corrected chi connectivity index (χ0v) is 18.2. The topological polar surface area (TPSA) is 79.6 Å². The Morgan fingerprint density at radius 3 is 2.66 bits per heavy atom. The predicted molar refractivity (Wildman–Crippen MR) is 116 cm³/mol. The minimum absolute atomic E-state index is 0.0896. The fraction of sp³-hybridized carbons (Fsp3) is 0.524. The number of benzene rings is 1. The Morgan fingerprint density at radius 1 is 1.31 bits per heavy atom. The van der Waals surface area contributed by atoms with Gasteiger partial charge in [0, 0.05) is 58.4 Å². The van der Waals surface area contributed by atoms with Gasteiger partial charge in [-0.2, -0.15) is 0 Å². The van der Waals surface area contributed by atoms with Crippen molar-refractivity contribution in [2.75, 3.05) is 45.4 Å². The van der Waals surface area contributed by atoms with Crippen LogP contribution in [0.1, 0.15) is 41.6 Å². The highest BCUT2D eigenvalue weighted by Crippen LogP contribution is 2.24. The highest BCUT2D eigenvalue weighted by Gasteiger charge is 2.24. The third kappa shape index (κ3) is 6.45. The number of aryl methyl sites for hydroxylation is 1. The average molecular weight is 423 g/mol. The molecule has 0 aliphatic carbocycles. The molecule has 0 bridgehead atoms. The lowest BCUT2D eigenvalue weighted by Crippen LogP contribution is -2.27. The normalized spacial score (nSPS) is 10.9. The van der Waals surface area contributed by atoms with Crippen LogP contribution in [0.25, 0.3) is 0 Å². The number of ether oxygens (including phenoxy) is 1. The van der Waals surface area contributed by atoms with Gasteiger partial charge in [0.2, 0.25) is 0 Å². The van der Waals surface area contributed by atoms with E-state index < -0.39 is 0 Å². The van der Waals surface area contributed by atoms with Gasteiger partial charge in [0.05, 0.1) is 0 Å². The third-order valence-corrected chi connectivity index (χ3v) is 4.88. The molecule has 0 aliphatic heterocycles. The van der Waals surface area contributed by atoms with Crippen LogP contribution in [-0.4, -0.2) is 61.0 Å². The van der Waals surface area contributed by atoms with Crippen LogP contribution in [0, 0.1) is 0 Å². The lowest BCUT2D eigenvalue weighted by molar-refractivity contribution is 0.0954. The number of carbonyl (C=O) groups excluding carboxylic acids is 1. The molecule has 2 aromatic rings. The van der Waals surface area contributed by atoms with Crippen LogP contribution in [0.3, 0.4) is 0 Å². The maximum Gasteiger partial charge on any atom is 0.271 e. The van der Waals surface area contributed by atoms with Crippen molar-refractivity contribution in [3.63, 3.8) is 0 Å². The first kappa shape index (κ1) is 23.2. The van der Waals surface area contributed by atoms with Crippen LogP contribution in [0.4, 0.5) is 5.82 Å². The van der Waals surface area contributed by atoms with Crippen LogP contribution in [-0.2, 0) is 17.7 Å². The van der Waals surface area contributed by atoms with Crippen LogP contribution in [0.5, 0.6) is 0 Å². The number of amides is 1. The Hall–Kier alpha value is -2.09. The van der Waals surface area contributed by atoms with Gasteiger partial charge in [-0.1, -0.05) is 23.7 Å². The first-order chi connectivity index (χ1) is 14.0. The van der Waals surface area contributed by atoms with E-state index in [1.807, 2.05) is 47.7 Å². The Labute approximate surface area is 177 Å². The second-order valence-electron chi connectivity index (χ2n) is 6.79. The van der Waals surface area contributed by atoms with Crippen molar-refractivity contribution < 1.29 is 14.6 Å². The van der Waals surface area contributed by atoms with E-state index in [4.69, 9.17) is 21.3 Å². The SMILES string of the molecule is CCOCCCc1nc(N(C)CCCO)c(C(=O)NC)n1Cc1ccc(Cl)cc1. The van der Waals surface area contributed by atoms with Gasteiger partial charge in [0.25, 0.3) is 5.91 Å². The number of anilines is 1. The molecule has 29 heavy (non-hydrogen) atoms. The monoisotopic (exact) mass is 422 g/mol. The van der Waals surface area contributed by atoms with Gasteiger partial charge >= 0.3 is 0 Å². The summed E-state index contributed by atoms with van der Waals surface area (Å²) in [5.41, 5.74) is 1.56. The van der Waals surface area contributed by atoms with E-state index in [0.29, 0.717) is 55.7 Å². The lowest BCUT2D eigenvalue weighted by Gasteiger charge is -2.18. The van der Waals surface area contributed by atoms with Crippen LogP contribution >= 0.6 is 11.6 Å². The Kier molecular flexibility index (Phi) is 9.44. The molecular weight excluding hydrogens is 392 g/mol. The van der Waals surface area contributed by atoms with Gasteiger partial charge in [-0.3, -0.25) is 4.79 Å². The van der Waals surface area contributed by atoms with E-state index in [1.54, 1.807) is 7.05 Å². The summed E-state index contributed by atoms with van der Waals surface area (Å²) >= 11 is 6.02. The lowest BCUT2D eigenvalue weighted by atomic mass is 10.2. The van der Waals surface area contributed by atoms with Gasteiger partial charge in [-0.05, 0) is 37.5 Å². The minimum Gasteiger partial charge on any atom is -0.396 e. The first-order valence-electron chi connectivity index (χ1n) is 9.97. The van der Waals surface area contributed by atoms with Crippen molar-refractivity contribution in [1.29, 1.82) is 0 Å². The number of halogens is 1. The van der Waals surface area contributed by atoms with E-state index in [-0.39, 0.29) is 12.5 Å². The molecule has 0 spiro atoms. The van der Waals surface area contributed by atoms with E-state index in [1.165, 1.54) is 0 Å². The number of nitrogens with zero attached hydrogens (tertiary/aromatic N) is 3. The zero-order valence-electron chi connectivity index (χ0n) is 17.4. The highest BCUT2D eigenvalue weighted by atomic mass is 35.5. The number of aromatic nitrogens is 2. The molecule has 8 heteroatoms. The summed E-state index contributed by atoms with van der Waals surface area (Å²) in [6.45, 7) is 4.51. The number of rotatable bonds is 12. The molecule has 1 heterocycles. The van der Waals surface area contributed by atoms with Crippen molar-refractivity contribution in [3.8, 4) is 0 Å². The van der Waals surface area contributed by atoms with E-state index >= 15 is 0 Å². The van der Waals surface area contributed by atoms with Crippen molar-refractivity contribution >= 4 is 23.3 Å². The minimum atomic E-state index is -0.187. The maximum atomic E-state index is 12.8. The second-order valence-corrected chi connectivity index (χ2v) is 7.23. The molecule has 1 aromatic carbocycles. The van der Waals surface area contributed by atoms with Crippen LogP contribution in [0.2, 0.25) is 5.02 Å². The molecule has 0 fully saturated rings. The molecule has 1 aromatic heterocycles. The number of aliphatic hydroxyl groups excluding tert-OH is 1. The summed E-state index contributed by atoms with van der Waals surface area (Å²) in [7, 11) is 3.51. The molecule has 0 unspecified atom stereocenters. The Balaban J connectivity index is 2.43. The molecule has 0 saturated carbocycles. The van der Waals surface area contributed by atoms with Crippen molar-refractivity contribution in [2.24, 2.45) is 0 Å². The highest BCUT2D eigenvalue weighted by molar-refractivity contribution is 6.30. The van der Waals surface area contributed by atoms with Gasteiger partial charge < -0.3 is 24.6 Å². The van der Waals surface area contributed by atoms with Gasteiger partial charge in [-0.15, -0.1) is 0 Å². The van der Waals surface area contributed by atoms with Crippen LogP contribution in [0.15, 0.2) is 24.3 Å². The fourth-order valence-corrected chi connectivity index (χ4v) is 3.24. The molecule has 1 amide bonds. The molecular formula is C21H31ClN4O3. The summed E-state index contributed by atoms with van der Waals surface area (Å²) < 4.78 is 7.43. The number of aliphatic hydroxyl groups is 1. The molecule has 0 aliphatic rings. The Bertz CT molecular complexity index is 777. The molecule has 0 radical (unpaired) electrons. The van der Waals surface area contributed by atoms with Crippen molar-refractivity contribution in [2.45, 2.75) is 32.7 Å². The summed E-state index contributed by atoms with van der Waals surface area (Å²) in [6.07, 6.45) is 2.12. The number of hydrogen-bond donors (Lipinski definition) is 2. The number of imidazole rings is 1. The van der Waals surface area contributed by atoms with Gasteiger partial charge in [0.15, 0.2) is 11.5 Å². The Morgan fingerprint density at radius 2 is 2.03 bits per heavy atom. The average Bonchev–Trinajstić information content (AvgIpc) is 3.08. The zero-order chi connectivity index (χ0) is 21.2. The molecule has 160 valence electrons. The molecule has 0 atom stereocenters. The smallest absolute Gasteiger partial charge is 0.271 e. The summed E-state index contributed by atoms with van der Waals surface area (Å²) in [5, 5.41) is 12.6. The van der Waals surface area contributed by atoms with Crippen LogP contribution < -0.4 is 10.2 Å². The second kappa shape index (κ2) is 11.8. The standard InChI is InChI=1S/C21H31ClN4O3/c1-4-29-14-5-7-18-24-20(25(3)12-6-13-27)19(21(28)23-2)26(18)15-16-8-10-17(22)11-9-16/h8-11,27H,4-7,12-15H2,1-3H3,(H,23,28). The number of hydrogen-bond acceptors (Lipinski definition) is 5. The molecule has 7 nitrogen and oxygen atoms in total.